The Kier molecular flexibility index (Phi) is 4.07. The number of para-hydroxylation sites is 4. The van der Waals surface area contributed by atoms with Crippen LogP contribution >= 0.6 is 11.3 Å². The van der Waals surface area contributed by atoms with E-state index in [0.29, 0.717) is 0 Å². The van der Waals surface area contributed by atoms with Crippen LogP contribution in [0.2, 0.25) is 0 Å². The Morgan fingerprint density at radius 3 is 2.05 bits per heavy atom. The van der Waals surface area contributed by atoms with Crippen molar-refractivity contribution in [3.05, 3.63) is 127 Å². The van der Waals surface area contributed by atoms with Crippen molar-refractivity contribution >= 4 is 91.7 Å². The molecule has 0 unspecified atom stereocenters. The Hall–Kier alpha value is -5.19. The zero-order chi connectivity index (χ0) is 26.7. The first-order valence-corrected chi connectivity index (χ1v) is 14.7. The highest BCUT2D eigenvalue weighted by Gasteiger charge is 2.19. The first-order valence-electron chi connectivity index (χ1n) is 13.9. The van der Waals surface area contributed by atoms with Crippen molar-refractivity contribution in [2.24, 2.45) is 0 Å². The van der Waals surface area contributed by atoms with Crippen LogP contribution in [-0.4, -0.2) is 14.0 Å². The second-order valence-electron chi connectivity index (χ2n) is 10.8. The summed E-state index contributed by atoms with van der Waals surface area (Å²) < 4.78 is 7.39. The molecular formula is C37H21N3S. The average Bonchev–Trinajstić information content (AvgIpc) is 3.69. The Labute approximate surface area is 238 Å². The quantitative estimate of drug-likeness (QED) is 0.190. The number of nitrogens with zero attached hydrogens (tertiary/aromatic N) is 3. The molecule has 4 aromatic heterocycles. The van der Waals surface area contributed by atoms with Gasteiger partial charge in [0.1, 0.15) is 5.65 Å². The number of pyridine rings is 1. The third-order valence-corrected chi connectivity index (χ3v) is 9.79. The molecule has 0 aliphatic carbocycles. The van der Waals surface area contributed by atoms with Crippen LogP contribution in [-0.2, 0) is 0 Å². The van der Waals surface area contributed by atoms with Gasteiger partial charge in [-0.15, -0.1) is 11.3 Å². The van der Waals surface area contributed by atoms with Gasteiger partial charge in [0.05, 0.1) is 27.6 Å². The molecular weight excluding hydrogens is 518 g/mol. The molecule has 6 aromatic carbocycles. The lowest BCUT2D eigenvalue weighted by Crippen LogP contribution is -1.95. The largest absolute Gasteiger partial charge is 0.309 e. The SMILES string of the molecule is c1ccc(-n2c3ccccc3c3cc4c5cc6c(cc5n5c7ccccc7nc5c4cc32)sc2ccccc26)cc1. The van der Waals surface area contributed by atoms with Gasteiger partial charge < -0.3 is 4.57 Å². The number of benzene rings is 6. The van der Waals surface area contributed by atoms with Crippen LogP contribution in [0.4, 0.5) is 0 Å². The highest BCUT2D eigenvalue weighted by atomic mass is 32.1. The summed E-state index contributed by atoms with van der Waals surface area (Å²) >= 11 is 1.87. The van der Waals surface area contributed by atoms with Crippen molar-refractivity contribution in [2.75, 3.05) is 0 Å². The van der Waals surface area contributed by atoms with Gasteiger partial charge in [-0.3, -0.25) is 4.40 Å². The predicted molar refractivity (Wildman–Crippen MR) is 175 cm³/mol. The molecule has 0 spiro atoms. The van der Waals surface area contributed by atoms with E-state index in [9.17, 15) is 0 Å². The van der Waals surface area contributed by atoms with E-state index in [1.54, 1.807) is 0 Å². The molecule has 0 atom stereocenters. The van der Waals surface area contributed by atoms with Crippen LogP contribution in [0.1, 0.15) is 0 Å². The minimum atomic E-state index is 1.00. The Balaban J connectivity index is 1.49. The van der Waals surface area contributed by atoms with Crippen molar-refractivity contribution in [1.29, 1.82) is 0 Å². The van der Waals surface area contributed by atoms with Crippen LogP contribution in [0.5, 0.6) is 0 Å². The number of aromatic nitrogens is 3. The summed E-state index contributed by atoms with van der Waals surface area (Å²) in [5.41, 5.74) is 7.92. The van der Waals surface area contributed by atoms with Gasteiger partial charge in [-0.2, -0.15) is 0 Å². The molecule has 10 aromatic rings. The molecule has 0 N–H and O–H groups in total. The lowest BCUT2D eigenvalue weighted by atomic mass is 10.0. The van der Waals surface area contributed by atoms with Gasteiger partial charge in [-0.25, -0.2) is 4.98 Å². The number of thiophene rings is 1. The molecule has 10 rings (SSSR count). The van der Waals surface area contributed by atoms with E-state index >= 15 is 0 Å². The maximum absolute atomic E-state index is 5.24. The normalized spacial score (nSPS) is 12.4. The van der Waals surface area contributed by atoms with Crippen LogP contribution in [0, 0.1) is 0 Å². The maximum Gasteiger partial charge on any atom is 0.146 e. The number of hydrogen-bond donors (Lipinski definition) is 0. The van der Waals surface area contributed by atoms with Gasteiger partial charge in [-0.05, 0) is 66.0 Å². The Morgan fingerprint density at radius 1 is 0.439 bits per heavy atom. The predicted octanol–water partition coefficient (Wildman–Crippen LogP) is 10.3. The molecule has 4 heterocycles. The lowest BCUT2D eigenvalue weighted by molar-refractivity contribution is 1.18. The first kappa shape index (κ1) is 21.6. The standard InChI is InChI=1S/C37H21N3S/c1-2-10-22(11-3-1)39-31-15-7-4-12-23(31)26-18-25-27-19-28-24-13-5-9-17-35(24)41-36(28)21-34(27)40-32-16-8-6-14-30(32)38-37(40)29(25)20-33(26)39/h1-21H. The molecule has 0 saturated carbocycles. The summed E-state index contributed by atoms with van der Waals surface area (Å²) in [5.74, 6) is 0. The maximum atomic E-state index is 5.24. The summed E-state index contributed by atoms with van der Waals surface area (Å²) in [7, 11) is 0. The van der Waals surface area contributed by atoms with Crippen LogP contribution in [0.25, 0.3) is 86.0 Å². The molecule has 0 bridgehead atoms. The van der Waals surface area contributed by atoms with Crippen LogP contribution < -0.4 is 0 Å². The highest BCUT2D eigenvalue weighted by Crippen LogP contribution is 2.42. The molecule has 0 fully saturated rings. The second kappa shape index (κ2) is 7.72. The molecule has 41 heavy (non-hydrogen) atoms. The monoisotopic (exact) mass is 539 g/mol. The number of fused-ring (bicyclic) bond motifs is 14. The van der Waals surface area contributed by atoms with E-state index < -0.39 is 0 Å². The van der Waals surface area contributed by atoms with Gasteiger partial charge in [0.15, 0.2) is 0 Å². The first-order chi connectivity index (χ1) is 20.3. The van der Waals surface area contributed by atoms with E-state index in [1.807, 2.05) is 11.3 Å². The zero-order valence-corrected chi connectivity index (χ0v) is 22.7. The van der Waals surface area contributed by atoms with E-state index in [1.165, 1.54) is 63.7 Å². The van der Waals surface area contributed by atoms with E-state index in [-0.39, 0.29) is 0 Å². The molecule has 0 amide bonds. The fraction of sp³-hybridized carbons (Fsp3) is 0. The third-order valence-electron chi connectivity index (χ3n) is 8.65. The highest BCUT2D eigenvalue weighted by molar-refractivity contribution is 7.25. The molecule has 0 radical (unpaired) electrons. The topological polar surface area (TPSA) is 22.2 Å². The van der Waals surface area contributed by atoms with Crippen molar-refractivity contribution < 1.29 is 0 Å². The van der Waals surface area contributed by atoms with Crippen LogP contribution in [0.3, 0.4) is 0 Å². The van der Waals surface area contributed by atoms with Crippen molar-refractivity contribution in [1.82, 2.24) is 14.0 Å². The van der Waals surface area contributed by atoms with Crippen LogP contribution in [0.15, 0.2) is 127 Å². The fourth-order valence-electron chi connectivity index (χ4n) is 6.89. The fourth-order valence-corrected chi connectivity index (χ4v) is 8.01. The summed E-state index contributed by atoms with van der Waals surface area (Å²) in [6.45, 7) is 0. The zero-order valence-electron chi connectivity index (χ0n) is 21.9. The third kappa shape index (κ3) is 2.79. The number of imidazole rings is 1. The van der Waals surface area contributed by atoms with Crippen molar-refractivity contribution in [2.45, 2.75) is 0 Å². The molecule has 190 valence electrons. The van der Waals surface area contributed by atoms with Crippen molar-refractivity contribution in [3.63, 3.8) is 0 Å². The summed E-state index contributed by atoms with van der Waals surface area (Å²) in [6, 6.07) is 46.3. The van der Waals surface area contributed by atoms with E-state index in [0.717, 1.165) is 22.4 Å². The van der Waals surface area contributed by atoms with Gasteiger partial charge in [0.2, 0.25) is 0 Å². The number of hydrogen-bond acceptors (Lipinski definition) is 2. The molecule has 0 aliphatic heterocycles. The Morgan fingerprint density at radius 2 is 1.15 bits per heavy atom. The molecule has 0 saturated heterocycles. The van der Waals surface area contributed by atoms with Gasteiger partial charge in [-0.1, -0.05) is 66.7 Å². The second-order valence-corrected chi connectivity index (χ2v) is 11.9. The van der Waals surface area contributed by atoms with E-state index in [2.05, 4.69) is 136 Å². The summed E-state index contributed by atoms with van der Waals surface area (Å²) in [6.07, 6.45) is 0. The average molecular weight is 540 g/mol. The molecule has 3 nitrogen and oxygen atoms in total. The minimum Gasteiger partial charge on any atom is -0.309 e. The van der Waals surface area contributed by atoms with Gasteiger partial charge in [0.25, 0.3) is 0 Å². The molecule has 0 aliphatic rings. The smallest absolute Gasteiger partial charge is 0.146 e. The Bertz CT molecular complexity index is 2690. The number of rotatable bonds is 1. The minimum absolute atomic E-state index is 1.00. The summed E-state index contributed by atoms with van der Waals surface area (Å²) in [5, 5.41) is 8.81. The van der Waals surface area contributed by atoms with E-state index in [4.69, 9.17) is 4.98 Å². The lowest BCUT2D eigenvalue weighted by Gasteiger charge is -2.12. The van der Waals surface area contributed by atoms with Gasteiger partial charge >= 0.3 is 0 Å². The van der Waals surface area contributed by atoms with Crippen molar-refractivity contribution in [3.8, 4) is 5.69 Å². The molecule has 4 heteroatoms. The summed E-state index contributed by atoms with van der Waals surface area (Å²) in [4.78, 5) is 5.24. The van der Waals surface area contributed by atoms with Gasteiger partial charge in [0, 0.05) is 47.4 Å².